The Morgan fingerprint density at radius 3 is 1.45 bits per heavy atom. The van der Waals surface area contributed by atoms with Crippen LogP contribution in [0, 0.1) is 6.29 Å². The summed E-state index contributed by atoms with van der Waals surface area (Å²) >= 11 is 0. The smallest absolute Gasteiger partial charge is 0.149 e. The second-order valence-electron chi connectivity index (χ2n) is 1.54. The first kappa shape index (κ1) is 10.6. The second kappa shape index (κ2) is 4.44. The largest absolute Gasteiger partial charge is 0.367 e. The maximum absolute atomic E-state index is 11.3. The topological polar surface area (TPSA) is 36.9 Å². The summed E-state index contributed by atoms with van der Waals surface area (Å²) in [5.74, 6) is -3.01. The van der Waals surface area contributed by atoms with E-state index in [0.717, 1.165) is 0 Å². The van der Waals surface area contributed by atoms with E-state index in [1.165, 1.54) is 0 Å². The fourth-order valence-electron chi connectivity index (χ4n) is 0.227. The molecule has 0 rings (SSSR count). The molecule has 0 aliphatic heterocycles. The molecule has 0 amide bonds. The highest BCUT2D eigenvalue weighted by atomic mass is 19.3. The van der Waals surface area contributed by atoms with Gasteiger partial charge in [0.15, 0.2) is 0 Å². The molecule has 0 fully saturated rings. The van der Waals surface area contributed by atoms with Crippen LogP contribution in [0.4, 0.5) is 18.1 Å². The Bertz CT molecular complexity index is 104. The normalized spacial score (nSPS) is 12.5. The van der Waals surface area contributed by atoms with Gasteiger partial charge >= 0.3 is 12.1 Å². The molecule has 0 aromatic carbocycles. The van der Waals surface area contributed by atoms with E-state index in [1.807, 2.05) is 0 Å². The Balaban J connectivity index is 4.19. The van der Waals surface area contributed by atoms with E-state index in [2.05, 4.69) is 19.8 Å². The van der Waals surface area contributed by atoms with Crippen LogP contribution >= 0.6 is 0 Å². The van der Waals surface area contributed by atoms with Crippen LogP contribution in [0.3, 0.4) is 0 Å². The van der Waals surface area contributed by atoms with Gasteiger partial charge in [0.1, 0.15) is 0 Å². The third kappa shape index (κ3) is 2.26. The Kier molecular flexibility index (Phi) is 4.26. The lowest BCUT2D eigenvalue weighted by Crippen LogP contribution is -2.36. The van der Waals surface area contributed by atoms with E-state index in [-0.39, 0.29) is 0 Å². The highest BCUT2D eigenvalue weighted by Crippen LogP contribution is 2.29. The molecule has 0 atom stereocenters. The van der Waals surface area contributed by atoms with Crippen molar-refractivity contribution in [3.63, 3.8) is 0 Å². The summed E-state index contributed by atoms with van der Waals surface area (Å²) in [5.41, 5.74) is 0. The third-order valence-corrected chi connectivity index (χ3v) is 0.805. The lowest BCUT2D eigenvalue weighted by molar-refractivity contribution is -0.462. The Labute approximate surface area is 58.2 Å². The van der Waals surface area contributed by atoms with Crippen molar-refractivity contribution >= 4 is 0 Å². The van der Waals surface area contributed by atoms with Gasteiger partial charge in [-0.1, -0.05) is 0 Å². The number of rotatable bonds is 5. The van der Waals surface area contributed by atoms with Gasteiger partial charge in [-0.15, -0.1) is 19.8 Å². The number of halogens is 4. The molecule has 0 bridgehead atoms. The van der Waals surface area contributed by atoms with Gasteiger partial charge in [0.05, 0.1) is 0 Å². The molecule has 8 heteroatoms. The summed E-state index contributed by atoms with van der Waals surface area (Å²) in [6.45, 7) is 0.474. The molecule has 0 aromatic heterocycles. The maximum atomic E-state index is 11.3. The molecular formula is C3H3F4O4. The molecule has 67 valence electrons. The van der Waals surface area contributed by atoms with Gasteiger partial charge in [0, 0.05) is 6.92 Å². The zero-order valence-corrected chi connectivity index (χ0v) is 5.14. The minimum absolute atomic E-state index is 0.474. The number of hydrogen-bond acceptors (Lipinski definition) is 4. The zero-order valence-electron chi connectivity index (χ0n) is 5.14. The summed E-state index contributed by atoms with van der Waals surface area (Å²) in [7, 11) is 0. The van der Waals surface area contributed by atoms with Crippen LogP contribution in [-0.2, 0) is 19.8 Å². The lowest BCUT2D eigenvalue weighted by atomic mass is 10.3. The second-order valence-corrected chi connectivity index (χ2v) is 1.54. The van der Waals surface area contributed by atoms with E-state index in [9.17, 15) is 18.1 Å². The summed E-state index contributed by atoms with van der Waals surface area (Å²) in [6, 6.07) is 0. The van der Waals surface area contributed by atoms with E-state index in [0.29, 0.717) is 6.92 Å². The minimum Gasteiger partial charge on any atom is -0.149 e. The quantitative estimate of drug-likeness (QED) is 0.476. The van der Waals surface area contributed by atoms with Gasteiger partial charge in [0.25, 0.3) is 0 Å². The summed E-state index contributed by atoms with van der Waals surface area (Å²) < 4.78 is 44.8. The monoisotopic (exact) mass is 179 g/mol. The number of hydrogen-bond donors (Lipinski definition) is 0. The Hall–Kier alpha value is -0.440. The van der Waals surface area contributed by atoms with Crippen molar-refractivity contribution in [3.8, 4) is 0 Å². The van der Waals surface area contributed by atoms with Crippen LogP contribution in [0.2, 0.25) is 0 Å². The maximum Gasteiger partial charge on any atom is 0.367 e. The summed E-state index contributed by atoms with van der Waals surface area (Å²) in [6.07, 6.45) is -1.79. The molecular weight excluding hydrogens is 176 g/mol. The van der Waals surface area contributed by atoms with Crippen molar-refractivity contribution < 1.29 is 37.9 Å². The molecule has 0 saturated heterocycles. The third-order valence-electron chi connectivity index (χ3n) is 0.805. The lowest BCUT2D eigenvalue weighted by Gasteiger charge is -2.19. The van der Waals surface area contributed by atoms with Crippen molar-refractivity contribution in [1.29, 1.82) is 0 Å². The van der Waals surface area contributed by atoms with Gasteiger partial charge in [-0.05, 0) is 18.1 Å². The highest BCUT2D eigenvalue weighted by molar-refractivity contribution is 4.79. The summed E-state index contributed by atoms with van der Waals surface area (Å²) in [4.78, 5) is 10.4. The highest BCUT2D eigenvalue weighted by Gasteiger charge is 2.47. The van der Waals surface area contributed by atoms with E-state index in [4.69, 9.17) is 0 Å². The fourth-order valence-corrected chi connectivity index (χ4v) is 0.227. The first-order valence-electron chi connectivity index (χ1n) is 2.18. The first-order chi connectivity index (χ1) is 5.14. The molecule has 4 nitrogen and oxygen atoms in total. The predicted molar refractivity (Wildman–Crippen MR) is 20.4 cm³/mol. The molecule has 11 heavy (non-hydrogen) atoms. The van der Waals surface area contributed by atoms with Gasteiger partial charge in [-0.3, -0.25) is 0 Å². The molecule has 0 unspecified atom stereocenters. The Morgan fingerprint density at radius 1 is 1.00 bits per heavy atom. The van der Waals surface area contributed by atoms with Crippen molar-refractivity contribution in [2.45, 2.75) is 12.7 Å². The van der Waals surface area contributed by atoms with E-state index < -0.39 is 12.1 Å². The molecule has 0 heterocycles. The van der Waals surface area contributed by atoms with Crippen LogP contribution in [0.1, 0.15) is 6.92 Å². The van der Waals surface area contributed by atoms with Gasteiger partial charge in [0.2, 0.25) is 0 Å². The first-order valence-corrected chi connectivity index (χ1v) is 2.18. The Morgan fingerprint density at radius 2 is 1.36 bits per heavy atom. The minimum atomic E-state index is -3.01. The van der Waals surface area contributed by atoms with Crippen molar-refractivity contribution in [1.82, 2.24) is 0 Å². The summed E-state index contributed by atoms with van der Waals surface area (Å²) in [5, 5.41) is 0. The molecule has 0 aliphatic rings. The molecule has 0 saturated carbocycles. The van der Waals surface area contributed by atoms with Crippen LogP contribution in [0.25, 0.3) is 0 Å². The average Bonchev–Trinajstić information content (AvgIpc) is 2.06. The van der Waals surface area contributed by atoms with Gasteiger partial charge in [-0.25, -0.2) is 0 Å². The molecule has 1 radical (unpaired) electrons. The fraction of sp³-hybridized carbons (Fsp3) is 0.667. The SMILES string of the molecule is CC(OF)(OF)[C](OF)OF. The molecule has 0 aromatic rings. The molecule has 0 N–H and O–H groups in total. The zero-order chi connectivity index (χ0) is 8.91. The van der Waals surface area contributed by atoms with Gasteiger partial charge < -0.3 is 0 Å². The van der Waals surface area contributed by atoms with Crippen LogP contribution < -0.4 is 0 Å². The van der Waals surface area contributed by atoms with Crippen molar-refractivity contribution in [2.75, 3.05) is 0 Å². The average molecular weight is 179 g/mol. The predicted octanol–water partition coefficient (Wildman–Crippen LogP) is 1.80. The van der Waals surface area contributed by atoms with Crippen LogP contribution in [0.15, 0.2) is 0 Å². The molecule has 0 spiro atoms. The molecule has 0 aliphatic carbocycles. The van der Waals surface area contributed by atoms with Crippen molar-refractivity contribution in [3.05, 3.63) is 6.29 Å². The van der Waals surface area contributed by atoms with Crippen LogP contribution in [0.5, 0.6) is 0 Å². The van der Waals surface area contributed by atoms with E-state index in [1.54, 1.807) is 0 Å². The standard InChI is InChI=1S/C3H3F4O4/c1-3(10-6,11-7)2(8-4)9-5/h1H3. The van der Waals surface area contributed by atoms with Crippen molar-refractivity contribution in [2.24, 2.45) is 0 Å². The van der Waals surface area contributed by atoms with Gasteiger partial charge in [-0.2, -0.15) is 0 Å². The van der Waals surface area contributed by atoms with E-state index >= 15 is 0 Å². The van der Waals surface area contributed by atoms with Crippen LogP contribution in [-0.4, -0.2) is 5.79 Å².